The predicted octanol–water partition coefficient (Wildman–Crippen LogP) is 3.55. The molecule has 0 aromatic carbocycles. The van der Waals surface area contributed by atoms with Crippen LogP contribution in [0.4, 0.5) is 17.6 Å². The molecule has 1 amide bonds. The van der Waals surface area contributed by atoms with E-state index in [0.717, 1.165) is 6.42 Å². The number of alkyl halides is 3. The smallest absolute Gasteiger partial charge is 0.420 e. The van der Waals surface area contributed by atoms with Crippen molar-refractivity contribution in [1.82, 2.24) is 9.47 Å². The van der Waals surface area contributed by atoms with E-state index in [1.165, 1.54) is 9.47 Å². The van der Waals surface area contributed by atoms with E-state index >= 15 is 0 Å². The highest BCUT2D eigenvalue weighted by Crippen LogP contribution is 2.40. The standard InChI is InChI=1S/C16H18F4N2O3/c1-2-6-24-7-3-12(23)21-4-5-22-11(8-21)14(17)13-10(16(18,19)20)9-25-15(13)22/h9H,2-8H2,1H3. The van der Waals surface area contributed by atoms with Gasteiger partial charge in [-0.15, -0.1) is 0 Å². The number of nitrogens with zero attached hydrogens (tertiary/aromatic N) is 2. The Morgan fingerprint density at radius 3 is 2.76 bits per heavy atom. The summed E-state index contributed by atoms with van der Waals surface area (Å²) in [4.78, 5) is 13.6. The zero-order valence-corrected chi connectivity index (χ0v) is 13.7. The average Bonchev–Trinajstić information content (AvgIpc) is 3.11. The third-order valence-corrected chi connectivity index (χ3v) is 4.22. The molecule has 3 heterocycles. The van der Waals surface area contributed by atoms with Crippen LogP contribution in [-0.2, 0) is 28.8 Å². The Hall–Kier alpha value is -2.03. The molecule has 0 N–H and O–H groups in total. The Balaban J connectivity index is 1.81. The number of carbonyl (C=O) groups excluding carboxylic acids is 1. The van der Waals surface area contributed by atoms with Gasteiger partial charge in [0.15, 0.2) is 5.82 Å². The maximum atomic E-state index is 14.6. The van der Waals surface area contributed by atoms with E-state index in [1.807, 2.05) is 6.92 Å². The fourth-order valence-electron chi connectivity index (χ4n) is 3.00. The van der Waals surface area contributed by atoms with Crippen LogP contribution < -0.4 is 0 Å². The lowest BCUT2D eigenvalue weighted by Gasteiger charge is -2.28. The van der Waals surface area contributed by atoms with Gasteiger partial charge in [-0.1, -0.05) is 6.92 Å². The highest BCUT2D eigenvalue weighted by Gasteiger charge is 2.39. The number of fused-ring (bicyclic) bond motifs is 3. The van der Waals surface area contributed by atoms with Gasteiger partial charge in [0.1, 0.15) is 11.8 Å². The van der Waals surface area contributed by atoms with Crippen molar-refractivity contribution in [2.75, 3.05) is 19.8 Å². The molecule has 25 heavy (non-hydrogen) atoms. The van der Waals surface area contributed by atoms with Crippen LogP contribution in [-0.4, -0.2) is 35.1 Å². The summed E-state index contributed by atoms with van der Waals surface area (Å²) in [6.07, 6.45) is -3.16. The lowest BCUT2D eigenvalue weighted by atomic mass is 10.2. The number of furan rings is 1. The Kier molecular flexibility index (Phi) is 4.77. The molecule has 5 nitrogen and oxygen atoms in total. The molecule has 0 spiro atoms. The number of aromatic nitrogens is 1. The van der Waals surface area contributed by atoms with Gasteiger partial charge in [-0.2, -0.15) is 13.2 Å². The minimum Gasteiger partial charge on any atom is -0.447 e. The lowest BCUT2D eigenvalue weighted by molar-refractivity contribution is -0.137. The number of amides is 1. The fraction of sp³-hybridized carbons (Fsp3) is 0.562. The number of ether oxygens (including phenoxy) is 1. The molecule has 2 aromatic heterocycles. The normalized spacial score (nSPS) is 15.0. The molecule has 0 fully saturated rings. The molecule has 138 valence electrons. The molecular weight excluding hydrogens is 344 g/mol. The van der Waals surface area contributed by atoms with Crippen LogP contribution in [0.3, 0.4) is 0 Å². The molecule has 3 rings (SSSR count). The SMILES string of the molecule is CCCOCCC(=O)N1CCn2c(c(F)c3c(C(F)(F)F)coc32)C1. The summed E-state index contributed by atoms with van der Waals surface area (Å²) < 4.78 is 65.1. The minimum absolute atomic E-state index is 0.0360. The quantitative estimate of drug-likeness (QED) is 0.604. The number of hydrogen-bond donors (Lipinski definition) is 0. The second kappa shape index (κ2) is 6.70. The van der Waals surface area contributed by atoms with Crippen molar-refractivity contribution < 1.29 is 31.5 Å². The molecule has 0 unspecified atom stereocenters. The van der Waals surface area contributed by atoms with Crippen LogP contribution in [0.2, 0.25) is 0 Å². The predicted molar refractivity (Wildman–Crippen MR) is 80.3 cm³/mol. The van der Waals surface area contributed by atoms with Gasteiger partial charge in [0.2, 0.25) is 11.6 Å². The first-order chi connectivity index (χ1) is 11.8. The highest BCUT2D eigenvalue weighted by molar-refractivity contribution is 5.83. The highest BCUT2D eigenvalue weighted by atomic mass is 19.4. The maximum Gasteiger partial charge on any atom is 0.420 e. The Morgan fingerprint density at radius 1 is 1.32 bits per heavy atom. The first-order valence-electron chi connectivity index (χ1n) is 8.05. The molecule has 9 heteroatoms. The van der Waals surface area contributed by atoms with Gasteiger partial charge < -0.3 is 18.6 Å². The van der Waals surface area contributed by atoms with Gasteiger partial charge in [0.05, 0.1) is 30.7 Å². The Bertz CT molecular complexity index is 779. The third kappa shape index (κ3) is 3.24. The molecule has 2 aromatic rings. The topological polar surface area (TPSA) is 47.6 Å². The molecule has 0 atom stereocenters. The summed E-state index contributed by atoms with van der Waals surface area (Å²) in [5.74, 6) is -1.19. The number of carbonyl (C=O) groups is 1. The Labute approximate surface area is 141 Å². The maximum absolute atomic E-state index is 14.6. The van der Waals surface area contributed by atoms with Crippen molar-refractivity contribution in [3.63, 3.8) is 0 Å². The summed E-state index contributed by atoms with van der Waals surface area (Å²) in [7, 11) is 0. The van der Waals surface area contributed by atoms with Crippen molar-refractivity contribution in [3.05, 3.63) is 23.3 Å². The van der Waals surface area contributed by atoms with Crippen molar-refractivity contribution in [1.29, 1.82) is 0 Å². The molecule has 0 saturated carbocycles. The van der Waals surface area contributed by atoms with E-state index in [9.17, 15) is 22.4 Å². The second-order valence-electron chi connectivity index (χ2n) is 5.92. The van der Waals surface area contributed by atoms with E-state index in [4.69, 9.17) is 9.15 Å². The zero-order valence-electron chi connectivity index (χ0n) is 13.7. The van der Waals surface area contributed by atoms with Crippen molar-refractivity contribution >= 4 is 17.0 Å². The van der Waals surface area contributed by atoms with Crippen molar-refractivity contribution in [2.45, 2.75) is 39.0 Å². The van der Waals surface area contributed by atoms with Crippen LogP contribution in [0.1, 0.15) is 31.0 Å². The van der Waals surface area contributed by atoms with Crippen LogP contribution in [0.5, 0.6) is 0 Å². The van der Waals surface area contributed by atoms with Gasteiger partial charge in [0, 0.05) is 19.7 Å². The van der Waals surface area contributed by atoms with Crippen LogP contribution >= 0.6 is 0 Å². The largest absolute Gasteiger partial charge is 0.447 e. The first kappa shape index (κ1) is 17.8. The van der Waals surface area contributed by atoms with E-state index in [1.54, 1.807) is 0 Å². The van der Waals surface area contributed by atoms with Gasteiger partial charge in [0.25, 0.3) is 0 Å². The number of rotatable bonds is 5. The summed E-state index contributed by atoms with van der Waals surface area (Å²) in [5, 5.41) is -0.567. The average molecular weight is 362 g/mol. The lowest BCUT2D eigenvalue weighted by Crippen LogP contribution is -2.38. The summed E-state index contributed by atoms with van der Waals surface area (Å²) >= 11 is 0. The van der Waals surface area contributed by atoms with Gasteiger partial charge in [-0.05, 0) is 6.42 Å². The summed E-state index contributed by atoms with van der Waals surface area (Å²) in [6.45, 7) is 3.16. The molecule has 0 radical (unpaired) electrons. The van der Waals surface area contributed by atoms with E-state index in [0.29, 0.717) is 12.9 Å². The molecule has 0 saturated heterocycles. The van der Waals surface area contributed by atoms with Gasteiger partial charge in [-0.3, -0.25) is 4.79 Å². The molecule has 0 bridgehead atoms. The van der Waals surface area contributed by atoms with Crippen LogP contribution in [0.15, 0.2) is 10.7 Å². The zero-order chi connectivity index (χ0) is 18.2. The summed E-state index contributed by atoms with van der Waals surface area (Å²) in [5.41, 5.74) is -1.24. The van der Waals surface area contributed by atoms with Crippen molar-refractivity contribution in [3.8, 4) is 0 Å². The fourth-order valence-corrected chi connectivity index (χ4v) is 3.00. The number of halogens is 4. The van der Waals surface area contributed by atoms with Crippen LogP contribution in [0, 0.1) is 5.82 Å². The molecule has 1 aliphatic rings. The monoisotopic (exact) mass is 362 g/mol. The Morgan fingerprint density at radius 2 is 2.08 bits per heavy atom. The van der Waals surface area contributed by atoms with Gasteiger partial charge in [-0.25, -0.2) is 4.39 Å². The number of hydrogen-bond acceptors (Lipinski definition) is 3. The molecular formula is C16H18F4N2O3. The molecule has 1 aliphatic heterocycles. The van der Waals surface area contributed by atoms with Crippen molar-refractivity contribution in [2.24, 2.45) is 0 Å². The second-order valence-corrected chi connectivity index (χ2v) is 5.92. The first-order valence-corrected chi connectivity index (χ1v) is 8.05. The third-order valence-electron chi connectivity index (χ3n) is 4.22. The van der Waals surface area contributed by atoms with E-state index in [2.05, 4.69) is 0 Å². The summed E-state index contributed by atoms with van der Waals surface area (Å²) in [6, 6.07) is 0. The van der Waals surface area contributed by atoms with E-state index < -0.39 is 22.9 Å². The minimum atomic E-state index is -4.70. The van der Waals surface area contributed by atoms with Crippen LogP contribution in [0.25, 0.3) is 11.1 Å². The molecule has 0 aliphatic carbocycles. The van der Waals surface area contributed by atoms with E-state index in [-0.39, 0.29) is 50.0 Å². The van der Waals surface area contributed by atoms with Gasteiger partial charge >= 0.3 is 6.18 Å².